The van der Waals surface area contributed by atoms with Gasteiger partial charge >= 0.3 is 6.09 Å². The van der Waals surface area contributed by atoms with Crippen LogP contribution >= 0.6 is 0 Å². The number of unbranched alkanes of at least 4 members (excludes halogenated alkanes) is 1. The number of hydrogen-bond donors (Lipinski definition) is 1. The molecule has 1 rings (SSSR count). The molecule has 0 aliphatic rings. The molecule has 0 unspecified atom stereocenters. The molecule has 0 radical (unpaired) electrons. The molecule has 1 N–H and O–H groups in total. The summed E-state index contributed by atoms with van der Waals surface area (Å²) < 4.78 is 18.4. The van der Waals surface area contributed by atoms with E-state index in [1.807, 2.05) is 6.92 Å². The molecule has 0 aliphatic heterocycles. The van der Waals surface area contributed by atoms with Gasteiger partial charge in [0.25, 0.3) is 0 Å². The van der Waals surface area contributed by atoms with E-state index in [4.69, 9.17) is 4.74 Å². The highest BCUT2D eigenvalue weighted by molar-refractivity contribution is 5.69. The molecular weight excluding hydrogens is 297 g/mol. The zero-order valence-electron chi connectivity index (χ0n) is 14.3. The van der Waals surface area contributed by atoms with Crippen molar-refractivity contribution in [2.24, 2.45) is 5.92 Å². The maximum absolute atomic E-state index is 13.1. The summed E-state index contributed by atoms with van der Waals surface area (Å²) in [6.45, 7) is 7.35. The highest BCUT2D eigenvalue weighted by Gasteiger charge is 2.26. The van der Waals surface area contributed by atoms with Gasteiger partial charge in [0.2, 0.25) is 0 Å². The monoisotopic (exact) mass is 323 g/mol. The number of nitrogens with one attached hydrogen (secondary N) is 1. The average molecular weight is 323 g/mol. The summed E-state index contributed by atoms with van der Waals surface area (Å²) in [5, 5.41) is 2.75. The SMILES string of the molecule is CCCC[C@H](C=O)[C@H](NC(=O)OC(C)(C)C)c1ccc(F)cc1. The molecule has 5 heteroatoms. The molecule has 1 aromatic rings. The van der Waals surface area contributed by atoms with E-state index in [1.54, 1.807) is 32.9 Å². The minimum Gasteiger partial charge on any atom is -0.444 e. The van der Waals surface area contributed by atoms with Gasteiger partial charge < -0.3 is 14.8 Å². The molecule has 0 saturated heterocycles. The van der Waals surface area contributed by atoms with Crippen molar-refractivity contribution < 1.29 is 18.7 Å². The number of aldehydes is 1. The molecule has 0 saturated carbocycles. The van der Waals surface area contributed by atoms with Crippen LogP contribution in [0.15, 0.2) is 24.3 Å². The van der Waals surface area contributed by atoms with Crippen LogP contribution in [0.1, 0.15) is 58.6 Å². The second-order valence-electron chi connectivity index (χ2n) is 6.62. The molecule has 0 bridgehead atoms. The summed E-state index contributed by atoms with van der Waals surface area (Å²) in [4.78, 5) is 23.6. The topological polar surface area (TPSA) is 55.4 Å². The van der Waals surface area contributed by atoms with Crippen molar-refractivity contribution in [2.45, 2.75) is 58.6 Å². The van der Waals surface area contributed by atoms with E-state index in [2.05, 4.69) is 5.32 Å². The van der Waals surface area contributed by atoms with Crippen LogP contribution in [-0.2, 0) is 9.53 Å². The second kappa shape index (κ2) is 8.65. The second-order valence-corrected chi connectivity index (χ2v) is 6.62. The average Bonchev–Trinajstić information content (AvgIpc) is 2.45. The van der Waals surface area contributed by atoms with Gasteiger partial charge in [0.15, 0.2) is 0 Å². The minimum atomic E-state index is -0.627. The van der Waals surface area contributed by atoms with Crippen molar-refractivity contribution >= 4 is 12.4 Å². The van der Waals surface area contributed by atoms with E-state index in [0.29, 0.717) is 12.0 Å². The van der Waals surface area contributed by atoms with Gasteiger partial charge in [0.05, 0.1) is 6.04 Å². The summed E-state index contributed by atoms with van der Waals surface area (Å²) in [6.07, 6.45) is 2.73. The predicted octanol–water partition coefficient (Wildman–Crippen LogP) is 4.40. The van der Waals surface area contributed by atoms with Crippen LogP contribution in [0.2, 0.25) is 0 Å². The van der Waals surface area contributed by atoms with Gasteiger partial charge in [-0.05, 0) is 44.9 Å². The Kier molecular flexibility index (Phi) is 7.20. The first-order valence-corrected chi connectivity index (χ1v) is 7.97. The fraction of sp³-hybridized carbons (Fsp3) is 0.556. The summed E-state index contributed by atoms with van der Waals surface area (Å²) >= 11 is 0. The fourth-order valence-electron chi connectivity index (χ4n) is 2.30. The van der Waals surface area contributed by atoms with Crippen LogP contribution in [0.4, 0.5) is 9.18 Å². The first-order chi connectivity index (χ1) is 10.8. The maximum atomic E-state index is 13.1. The molecule has 0 heterocycles. The Balaban J connectivity index is 2.97. The van der Waals surface area contributed by atoms with Crippen LogP contribution in [0.25, 0.3) is 0 Å². The molecular formula is C18H26FNO3. The van der Waals surface area contributed by atoms with Gasteiger partial charge in [-0.2, -0.15) is 0 Å². The van der Waals surface area contributed by atoms with Crippen molar-refractivity contribution in [3.8, 4) is 0 Å². The van der Waals surface area contributed by atoms with Crippen LogP contribution < -0.4 is 5.32 Å². The third kappa shape index (κ3) is 6.80. The lowest BCUT2D eigenvalue weighted by Crippen LogP contribution is -2.38. The maximum Gasteiger partial charge on any atom is 0.408 e. The first kappa shape index (κ1) is 19.1. The van der Waals surface area contributed by atoms with E-state index in [1.165, 1.54) is 12.1 Å². The minimum absolute atomic E-state index is 0.360. The summed E-state index contributed by atoms with van der Waals surface area (Å²) in [5.74, 6) is -0.742. The van der Waals surface area contributed by atoms with E-state index in [9.17, 15) is 14.0 Å². The number of halogens is 1. The highest BCUT2D eigenvalue weighted by atomic mass is 19.1. The van der Waals surface area contributed by atoms with Crippen molar-refractivity contribution in [2.75, 3.05) is 0 Å². The number of amides is 1. The fourth-order valence-corrected chi connectivity index (χ4v) is 2.30. The molecule has 0 spiro atoms. The Morgan fingerprint density at radius 3 is 2.39 bits per heavy atom. The van der Waals surface area contributed by atoms with Gasteiger partial charge in [-0.3, -0.25) is 0 Å². The Morgan fingerprint density at radius 2 is 1.91 bits per heavy atom. The van der Waals surface area contributed by atoms with Gasteiger partial charge in [-0.15, -0.1) is 0 Å². The molecule has 0 aromatic heterocycles. The lowest BCUT2D eigenvalue weighted by atomic mass is 9.90. The molecule has 2 atom stereocenters. The lowest BCUT2D eigenvalue weighted by Gasteiger charge is -2.27. The normalized spacial score (nSPS) is 14.0. The van der Waals surface area contributed by atoms with E-state index < -0.39 is 17.7 Å². The van der Waals surface area contributed by atoms with Crippen molar-refractivity contribution in [3.05, 3.63) is 35.6 Å². The van der Waals surface area contributed by atoms with Gasteiger partial charge in [0.1, 0.15) is 17.7 Å². The number of carbonyl (C=O) groups is 2. The molecule has 1 aromatic carbocycles. The lowest BCUT2D eigenvalue weighted by molar-refractivity contribution is -0.112. The van der Waals surface area contributed by atoms with Crippen LogP contribution in [-0.4, -0.2) is 18.0 Å². The third-order valence-corrected chi connectivity index (χ3v) is 3.40. The Labute approximate surface area is 137 Å². The zero-order chi connectivity index (χ0) is 17.5. The van der Waals surface area contributed by atoms with Crippen LogP contribution in [0.5, 0.6) is 0 Å². The van der Waals surface area contributed by atoms with E-state index in [0.717, 1.165) is 19.1 Å². The molecule has 4 nitrogen and oxygen atoms in total. The summed E-state index contributed by atoms with van der Waals surface area (Å²) in [6, 6.07) is 5.27. The van der Waals surface area contributed by atoms with Gasteiger partial charge in [-0.25, -0.2) is 9.18 Å². The Hall–Kier alpha value is -1.91. The number of rotatable bonds is 7. The number of benzene rings is 1. The molecule has 1 amide bonds. The smallest absolute Gasteiger partial charge is 0.408 e. The Bertz CT molecular complexity index is 508. The summed E-state index contributed by atoms with van der Waals surface area (Å²) in [5.41, 5.74) is 0.0582. The quantitative estimate of drug-likeness (QED) is 0.757. The van der Waals surface area contributed by atoms with E-state index in [-0.39, 0.29) is 11.7 Å². The van der Waals surface area contributed by atoms with Crippen molar-refractivity contribution in [1.29, 1.82) is 0 Å². The van der Waals surface area contributed by atoms with Crippen molar-refractivity contribution in [1.82, 2.24) is 5.32 Å². The Morgan fingerprint density at radius 1 is 1.30 bits per heavy atom. The largest absolute Gasteiger partial charge is 0.444 e. The van der Waals surface area contributed by atoms with E-state index >= 15 is 0 Å². The van der Waals surface area contributed by atoms with Gasteiger partial charge in [-0.1, -0.05) is 31.9 Å². The van der Waals surface area contributed by atoms with Crippen molar-refractivity contribution in [3.63, 3.8) is 0 Å². The van der Waals surface area contributed by atoms with Gasteiger partial charge in [0, 0.05) is 5.92 Å². The highest BCUT2D eigenvalue weighted by Crippen LogP contribution is 2.26. The zero-order valence-corrected chi connectivity index (χ0v) is 14.3. The van der Waals surface area contributed by atoms with Crippen LogP contribution in [0.3, 0.4) is 0 Å². The molecule has 0 fully saturated rings. The molecule has 0 aliphatic carbocycles. The molecule has 128 valence electrons. The number of carbonyl (C=O) groups excluding carboxylic acids is 2. The number of hydrogen-bond acceptors (Lipinski definition) is 3. The standard InChI is InChI=1S/C18H26FNO3/c1-5-6-7-14(12-21)16(13-8-10-15(19)11-9-13)20-17(22)23-18(2,3)4/h8-12,14,16H,5-7H2,1-4H3,(H,20,22)/t14-,16-/m1/s1. The first-order valence-electron chi connectivity index (χ1n) is 7.97. The predicted molar refractivity (Wildman–Crippen MR) is 87.6 cm³/mol. The third-order valence-electron chi connectivity index (χ3n) is 3.40. The number of ether oxygens (including phenoxy) is 1. The number of alkyl carbamates (subject to hydrolysis) is 1. The summed E-state index contributed by atoms with van der Waals surface area (Å²) in [7, 11) is 0. The van der Waals surface area contributed by atoms with Crippen LogP contribution in [0, 0.1) is 11.7 Å². The molecule has 23 heavy (non-hydrogen) atoms.